The second-order valence-electron chi connectivity index (χ2n) is 11.7. The van der Waals surface area contributed by atoms with Crippen molar-refractivity contribution in [3.05, 3.63) is 76.7 Å². The Balaban J connectivity index is 0.949. The number of ether oxygens (including phenoxy) is 2. The van der Waals surface area contributed by atoms with Crippen molar-refractivity contribution in [2.24, 2.45) is 0 Å². The average molecular weight is 582 g/mol. The topological polar surface area (TPSA) is 122 Å². The summed E-state index contributed by atoms with van der Waals surface area (Å²) >= 11 is 0. The number of carbonyl (C=O) groups is 1. The number of benzene rings is 2. The third-order valence-electron chi connectivity index (χ3n) is 8.96. The number of imidazole rings is 1. The number of aromatic nitrogens is 4. The Labute approximate surface area is 249 Å². The Hall–Kier alpha value is -4.24. The van der Waals surface area contributed by atoms with Crippen LogP contribution < -0.4 is 4.74 Å². The summed E-state index contributed by atoms with van der Waals surface area (Å²) < 4.78 is 15.9. The van der Waals surface area contributed by atoms with Crippen LogP contribution in [0.5, 0.6) is 5.88 Å². The lowest BCUT2D eigenvalue weighted by Gasteiger charge is -2.32. The van der Waals surface area contributed by atoms with Crippen LogP contribution in [-0.2, 0) is 30.8 Å². The molecule has 0 unspecified atom stereocenters. The van der Waals surface area contributed by atoms with E-state index in [2.05, 4.69) is 26.5 Å². The monoisotopic (exact) mass is 581 g/mol. The third-order valence-corrected chi connectivity index (χ3v) is 8.96. The molecule has 0 saturated carbocycles. The molecule has 7 rings (SSSR count). The molecule has 3 aliphatic heterocycles. The summed E-state index contributed by atoms with van der Waals surface area (Å²) in [4.78, 5) is 21.2. The van der Waals surface area contributed by atoms with E-state index in [4.69, 9.17) is 19.6 Å². The number of nitriles is 1. The first-order valence-corrected chi connectivity index (χ1v) is 15.0. The van der Waals surface area contributed by atoms with E-state index in [-0.39, 0.29) is 11.7 Å². The van der Waals surface area contributed by atoms with Crippen molar-refractivity contribution in [2.45, 2.75) is 57.5 Å². The lowest BCUT2D eigenvalue weighted by atomic mass is 9.98. The van der Waals surface area contributed by atoms with Crippen LogP contribution in [0.15, 0.2) is 48.7 Å². The fourth-order valence-corrected chi connectivity index (χ4v) is 6.36. The molecule has 5 heterocycles. The fraction of sp³-hybridized carbons (Fsp3) is 0.438. The molecule has 43 heavy (non-hydrogen) atoms. The summed E-state index contributed by atoms with van der Waals surface area (Å²) in [5, 5.41) is 23.5. The number of hydrogen-bond acceptors (Lipinski definition) is 8. The second kappa shape index (κ2) is 11.8. The van der Waals surface area contributed by atoms with Crippen molar-refractivity contribution < 1.29 is 19.4 Å². The highest BCUT2D eigenvalue weighted by Crippen LogP contribution is 2.27. The van der Waals surface area contributed by atoms with E-state index in [0.29, 0.717) is 37.3 Å². The first kappa shape index (κ1) is 27.6. The molecule has 0 spiro atoms. The maximum absolute atomic E-state index is 11.6. The van der Waals surface area contributed by atoms with E-state index < -0.39 is 5.97 Å². The van der Waals surface area contributed by atoms with Gasteiger partial charge in [0, 0.05) is 45.0 Å². The highest BCUT2D eigenvalue weighted by Gasteiger charge is 2.26. The van der Waals surface area contributed by atoms with Gasteiger partial charge < -0.3 is 19.1 Å². The van der Waals surface area contributed by atoms with Gasteiger partial charge in [0.15, 0.2) is 0 Å². The zero-order valence-corrected chi connectivity index (χ0v) is 24.1. The fourth-order valence-electron chi connectivity index (χ4n) is 6.36. The molecule has 0 amide bonds. The van der Waals surface area contributed by atoms with E-state index in [1.807, 2.05) is 29.1 Å². The molecule has 2 aromatic heterocycles. The molecule has 4 aromatic rings. The van der Waals surface area contributed by atoms with Crippen LogP contribution >= 0.6 is 0 Å². The first-order chi connectivity index (χ1) is 21.0. The number of fused-ring (bicyclic) bond motifs is 2. The summed E-state index contributed by atoms with van der Waals surface area (Å²) in [6, 6.07) is 15.6. The van der Waals surface area contributed by atoms with Gasteiger partial charge in [-0.3, -0.25) is 14.5 Å². The van der Waals surface area contributed by atoms with Crippen LogP contribution in [0.1, 0.15) is 58.2 Å². The number of aromatic carboxylic acids is 1. The van der Waals surface area contributed by atoms with Crippen LogP contribution in [0.2, 0.25) is 0 Å². The van der Waals surface area contributed by atoms with Gasteiger partial charge in [0.05, 0.1) is 53.5 Å². The maximum atomic E-state index is 11.6. The standard InChI is InChI=1S/C32H35N7O4/c33-17-22-1-2-23-5-10-37(18-25(23)15-22)21-43-31-8-13-39(35-31)26-6-11-36(12-7-26)20-30-34-28-4-3-24(32(40)41)16-29(28)38(30)19-27-9-14-42-27/h1-4,8,13,15-16,26-27H,5-7,9-12,14,18-21H2,(H,40,41)/t27-/m0/s1. The second-order valence-corrected chi connectivity index (χ2v) is 11.7. The van der Waals surface area contributed by atoms with Gasteiger partial charge >= 0.3 is 5.97 Å². The highest BCUT2D eigenvalue weighted by molar-refractivity contribution is 5.92. The van der Waals surface area contributed by atoms with Crippen molar-refractivity contribution in [3.63, 3.8) is 0 Å². The van der Waals surface area contributed by atoms with Crippen LogP contribution in [0.25, 0.3) is 11.0 Å². The molecular weight excluding hydrogens is 546 g/mol. The van der Waals surface area contributed by atoms with Crippen LogP contribution in [0, 0.1) is 11.3 Å². The van der Waals surface area contributed by atoms with Crippen molar-refractivity contribution in [2.75, 3.05) is 33.0 Å². The summed E-state index contributed by atoms with van der Waals surface area (Å²) in [5.74, 6) is 0.648. The zero-order chi connectivity index (χ0) is 29.3. The van der Waals surface area contributed by atoms with Crippen molar-refractivity contribution in [1.82, 2.24) is 29.1 Å². The Morgan fingerprint density at radius 2 is 1.93 bits per heavy atom. The van der Waals surface area contributed by atoms with E-state index in [0.717, 1.165) is 75.3 Å². The van der Waals surface area contributed by atoms with E-state index in [9.17, 15) is 15.2 Å². The number of carboxylic acid groups (broad SMARTS) is 1. The predicted octanol–water partition coefficient (Wildman–Crippen LogP) is 3.82. The number of hydrogen-bond donors (Lipinski definition) is 1. The van der Waals surface area contributed by atoms with Crippen molar-refractivity contribution in [3.8, 4) is 11.9 Å². The van der Waals surface area contributed by atoms with Gasteiger partial charge in [0.2, 0.25) is 5.88 Å². The number of piperidine rings is 1. The smallest absolute Gasteiger partial charge is 0.335 e. The number of likely N-dealkylation sites (tertiary alicyclic amines) is 1. The van der Waals surface area contributed by atoms with Gasteiger partial charge in [0.25, 0.3) is 0 Å². The van der Waals surface area contributed by atoms with Crippen molar-refractivity contribution >= 4 is 17.0 Å². The summed E-state index contributed by atoms with van der Waals surface area (Å²) in [6.45, 7) is 6.16. The Kier molecular flexibility index (Phi) is 7.57. The molecule has 222 valence electrons. The van der Waals surface area contributed by atoms with Gasteiger partial charge in [-0.05, 0) is 67.1 Å². The summed E-state index contributed by atoms with van der Waals surface area (Å²) in [7, 11) is 0. The molecule has 3 aliphatic rings. The normalized spacial score (nSPS) is 19.6. The summed E-state index contributed by atoms with van der Waals surface area (Å²) in [6.07, 6.45) is 6.06. The minimum Gasteiger partial charge on any atom is -0.478 e. The minimum atomic E-state index is -0.933. The number of carboxylic acids is 1. The van der Waals surface area contributed by atoms with Crippen molar-refractivity contribution in [1.29, 1.82) is 5.26 Å². The molecule has 0 radical (unpaired) electrons. The minimum absolute atomic E-state index is 0.147. The molecule has 0 bridgehead atoms. The molecule has 1 N–H and O–H groups in total. The molecule has 11 nitrogen and oxygen atoms in total. The molecule has 11 heteroatoms. The predicted molar refractivity (Wildman–Crippen MR) is 158 cm³/mol. The quantitative estimate of drug-likeness (QED) is 0.314. The highest BCUT2D eigenvalue weighted by atomic mass is 16.5. The van der Waals surface area contributed by atoms with Gasteiger partial charge in [0.1, 0.15) is 12.6 Å². The average Bonchev–Trinajstić information content (AvgIpc) is 3.62. The molecule has 1 atom stereocenters. The van der Waals surface area contributed by atoms with E-state index >= 15 is 0 Å². The molecule has 0 aliphatic carbocycles. The Bertz CT molecular complexity index is 1680. The van der Waals surface area contributed by atoms with Gasteiger partial charge in [-0.15, -0.1) is 5.10 Å². The number of rotatable bonds is 9. The maximum Gasteiger partial charge on any atom is 0.335 e. The van der Waals surface area contributed by atoms with E-state index in [1.165, 1.54) is 11.1 Å². The van der Waals surface area contributed by atoms with Crippen LogP contribution in [-0.4, -0.2) is 79.3 Å². The molecule has 2 saturated heterocycles. The largest absolute Gasteiger partial charge is 0.478 e. The third kappa shape index (κ3) is 5.86. The van der Waals surface area contributed by atoms with Gasteiger partial charge in [-0.2, -0.15) is 5.26 Å². The lowest BCUT2D eigenvalue weighted by molar-refractivity contribution is -0.0592. The SMILES string of the molecule is N#Cc1ccc2c(c1)CN(COc1ccn(C3CCN(Cc4nc5ccc(C(=O)O)cc5n4C[C@@H]4CCO4)CC3)n1)CC2. The van der Waals surface area contributed by atoms with E-state index in [1.54, 1.807) is 18.2 Å². The Morgan fingerprint density at radius 3 is 2.70 bits per heavy atom. The molecule has 2 aromatic carbocycles. The van der Waals surface area contributed by atoms with Crippen LogP contribution in [0.4, 0.5) is 0 Å². The Morgan fingerprint density at radius 1 is 1.07 bits per heavy atom. The first-order valence-electron chi connectivity index (χ1n) is 15.0. The van der Waals surface area contributed by atoms with Gasteiger partial charge in [-0.25, -0.2) is 9.78 Å². The van der Waals surface area contributed by atoms with Crippen LogP contribution in [0.3, 0.4) is 0 Å². The molecule has 2 fully saturated rings. The number of nitrogens with zero attached hydrogens (tertiary/aromatic N) is 7. The zero-order valence-electron chi connectivity index (χ0n) is 24.1. The molecular formula is C32H35N7O4. The lowest BCUT2D eigenvalue weighted by Crippen LogP contribution is -2.36. The van der Waals surface area contributed by atoms with Gasteiger partial charge in [-0.1, -0.05) is 6.07 Å². The summed E-state index contributed by atoms with van der Waals surface area (Å²) in [5.41, 5.74) is 5.14.